The van der Waals surface area contributed by atoms with Crippen molar-refractivity contribution in [1.82, 2.24) is 15.0 Å². The Hall–Kier alpha value is -2.02. The van der Waals surface area contributed by atoms with E-state index in [0.717, 1.165) is 34.6 Å². The molecule has 3 rings (SSSR count). The molecule has 0 saturated carbocycles. The molecule has 0 aliphatic heterocycles. The SMILES string of the molecule is CN(C)c1ccc(-n2nc3ccc(NC/C=[CH]/[Sn]([C](C)(C)C)([C](C)(C)C)[C](C)(C)C)cc3n2)cc1. The molecule has 0 spiro atoms. The van der Waals surface area contributed by atoms with Crippen LogP contribution < -0.4 is 10.2 Å². The van der Waals surface area contributed by atoms with Gasteiger partial charge in [-0.25, -0.2) is 0 Å². The monoisotopic (exact) mass is 583 g/mol. The van der Waals surface area contributed by atoms with E-state index in [1.54, 1.807) is 4.80 Å². The Balaban J connectivity index is 1.80. The summed E-state index contributed by atoms with van der Waals surface area (Å²) < 4.78 is 3.64. The fraction of sp³-hybridized carbons (Fsp3) is 0.517. The van der Waals surface area contributed by atoms with E-state index in [1.807, 2.05) is 20.2 Å². The van der Waals surface area contributed by atoms with E-state index in [1.165, 1.54) is 0 Å². The number of aromatic nitrogens is 3. The summed E-state index contributed by atoms with van der Waals surface area (Å²) in [6.45, 7) is 23.0. The zero-order valence-electron chi connectivity index (χ0n) is 23.7. The number of anilines is 2. The Morgan fingerprint density at radius 3 is 1.86 bits per heavy atom. The van der Waals surface area contributed by atoms with E-state index in [4.69, 9.17) is 5.10 Å². The molecule has 6 heteroatoms. The third-order valence-electron chi connectivity index (χ3n) is 7.32. The zero-order chi connectivity index (χ0) is 26.2. The maximum atomic E-state index is 4.73. The first-order valence-corrected chi connectivity index (χ1v) is 18.6. The summed E-state index contributed by atoms with van der Waals surface area (Å²) in [5.74, 6) is 0. The van der Waals surface area contributed by atoms with Gasteiger partial charge < -0.3 is 4.90 Å². The molecule has 0 radical (unpaired) electrons. The second kappa shape index (κ2) is 9.79. The van der Waals surface area contributed by atoms with Crippen molar-refractivity contribution < 1.29 is 0 Å². The molecule has 1 N–H and O–H groups in total. The second-order valence-corrected chi connectivity index (χ2v) is 31.4. The molecule has 0 fully saturated rings. The Kier molecular flexibility index (Phi) is 7.71. The van der Waals surface area contributed by atoms with Crippen LogP contribution in [0.2, 0.25) is 10.3 Å². The van der Waals surface area contributed by atoms with Gasteiger partial charge in [0.05, 0.1) is 0 Å². The van der Waals surface area contributed by atoms with Gasteiger partial charge >= 0.3 is 193 Å². The maximum absolute atomic E-state index is 4.73. The fourth-order valence-electron chi connectivity index (χ4n) is 6.56. The first-order valence-electron chi connectivity index (χ1n) is 12.6. The van der Waals surface area contributed by atoms with Gasteiger partial charge in [0.2, 0.25) is 0 Å². The molecule has 0 aliphatic carbocycles. The van der Waals surface area contributed by atoms with Crippen LogP contribution in [0.4, 0.5) is 11.4 Å². The van der Waals surface area contributed by atoms with Gasteiger partial charge in [-0.05, 0) is 0 Å². The first-order chi connectivity index (χ1) is 16.1. The van der Waals surface area contributed by atoms with Crippen molar-refractivity contribution in [3.63, 3.8) is 0 Å². The van der Waals surface area contributed by atoms with E-state index in [2.05, 4.69) is 124 Å². The van der Waals surface area contributed by atoms with Crippen molar-refractivity contribution in [2.24, 2.45) is 0 Å². The molecule has 0 atom stereocenters. The number of benzene rings is 2. The fourth-order valence-corrected chi connectivity index (χ4v) is 31.5. The first kappa shape index (κ1) is 27.6. The molecule has 0 amide bonds. The van der Waals surface area contributed by atoms with Gasteiger partial charge in [-0.1, -0.05) is 0 Å². The average molecular weight is 582 g/mol. The number of rotatable bonds is 6. The average Bonchev–Trinajstić information content (AvgIpc) is 3.14. The molecule has 2 aromatic carbocycles. The summed E-state index contributed by atoms with van der Waals surface area (Å²) in [5.41, 5.74) is 4.97. The van der Waals surface area contributed by atoms with Gasteiger partial charge in [0.25, 0.3) is 0 Å². The molecule has 0 aliphatic rings. The van der Waals surface area contributed by atoms with E-state index < -0.39 is 18.4 Å². The van der Waals surface area contributed by atoms with Crippen molar-refractivity contribution in [2.45, 2.75) is 72.6 Å². The van der Waals surface area contributed by atoms with Gasteiger partial charge in [0.15, 0.2) is 0 Å². The minimum absolute atomic E-state index is 0.323. The van der Waals surface area contributed by atoms with Crippen LogP contribution in [0, 0.1) is 0 Å². The normalized spacial score (nSPS) is 13.6. The van der Waals surface area contributed by atoms with Gasteiger partial charge in [0.1, 0.15) is 0 Å². The van der Waals surface area contributed by atoms with Crippen LogP contribution in [0.3, 0.4) is 0 Å². The predicted octanol–water partition coefficient (Wildman–Crippen LogP) is 7.84. The number of fused-ring (bicyclic) bond motifs is 1. The van der Waals surface area contributed by atoms with Crippen LogP contribution in [0.1, 0.15) is 62.3 Å². The topological polar surface area (TPSA) is 46.0 Å². The van der Waals surface area contributed by atoms with Crippen LogP contribution >= 0.6 is 0 Å². The molecule has 0 unspecified atom stereocenters. The molecule has 0 saturated heterocycles. The molecule has 5 nitrogen and oxygen atoms in total. The number of nitrogens with zero attached hydrogens (tertiary/aromatic N) is 4. The third-order valence-corrected chi connectivity index (χ3v) is 29.7. The standard InChI is InChI=1S/C17H18N5.3C4H9.Sn/c1-4-11-18-13-5-10-16-17(12-13)20-22(19-16)15-8-6-14(7-9-15)21(2)3;3*1-4(2)3;/h1,4-10,12,18H,11H2,2-3H3;3*1-3H3;. The van der Waals surface area contributed by atoms with Crippen molar-refractivity contribution >= 4 is 40.8 Å². The Morgan fingerprint density at radius 1 is 0.800 bits per heavy atom. The summed E-state index contributed by atoms with van der Waals surface area (Å²) in [5, 5.41) is 13.0. The number of hydrogen-bond donors (Lipinski definition) is 1. The molecule has 3 aromatic rings. The summed E-state index contributed by atoms with van der Waals surface area (Å²) in [6, 6.07) is 14.5. The number of nitrogens with one attached hydrogen (secondary N) is 1. The Morgan fingerprint density at radius 2 is 1.34 bits per heavy atom. The van der Waals surface area contributed by atoms with Crippen LogP contribution in [-0.4, -0.2) is 54.0 Å². The van der Waals surface area contributed by atoms with Crippen molar-refractivity contribution in [3.8, 4) is 5.69 Å². The minimum atomic E-state index is -2.85. The van der Waals surface area contributed by atoms with Crippen LogP contribution in [0.25, 0.3) is 16.7 Å². The predicted molar refractivity (Wildman–Crippen MR) is 156 cm³/mol. The van der Waals surface area contributed by atoms with Gasteiger partial charge in [-0.15, -0.1) is 0 Å². The van der Waals surface area contributed by atoms with E-state index in [-0.39, 0.29) is 0 Å². The van der Waals surface area contributed by atoms with Gasteiger partial charge in [0, 0.05) is 19.8 Å². The van der Waals surface area contributed by atoms with Crippen LogP contribution in [0.15, 0.2) is 52.6 Å². The summed E-state index contributed by atoms with van der Waals surface area (Å²) >= 11 is -2.85. The molecular formula is C29H45N5Sn. The summed E-state index contributed by atoms with van der Waals surface area (Å²) in [4.78, 5) is 3.80. The van der Waals surface area contributed by atoms with Gasteiger partial charge in [-0.2, -0.15) is 0 Å². The van der Waals surface area contributed by atoms with Crippen LogP contribution in [0.5, 0.6) is 0 Å². The van der Waals surface area contributed by atoms with Crippen molar-refractivity contribution in [2.75, 3.05) is 30.9 Å². The molecule has 1 aromatic heterocycles. The van der Waals surface area contributed by atoms with Crippen molar-refractivity contribution in [1.29, 1.82) is 0 Å². The Labute approximate surface area is 216 Å². The summed E-state index contributed by atoms with van der Waals surface area (Å²) in [7, 11) is 4.08. The number of hydrogen-bond acceptors (Lipinski definition) is 4. The Bertz CT molecular complexity index is 1130. The molecular weight excluding hydrogens is 537 g/mol. The second-order valence-electron chi connectivity index (χ2n) is 12.9. The van der Waals surface area contributed by atoms with E-state index in [0.29, 0.717) is 10.3 Å². The van der Waals surface area contributed by atoms with Crippen LogP contribution in [-0.2, 0) is 0 Å². The van der Waals surface area contributed by atoms with Crippen molar-refractivity contribution in [3.05, 3.63) is 52.6 Å². The zero-order valence-corrected chi connectivity index (χ0v) is 26.5. The van der Waals surface area contributed by atoms with E-state index in [9.17, 15) is 0 Å². The van der Waals surface area contributed by atoms with Gasteiger partial charge in [-0.3, -0.25) is 0 Å². The quantitative estimate of drug-likeness (QED) is 0.301. The molecule has 1 heterocycles. The van der Waals surface area contributed by atoms with E-state index >= 15 is 0 Å². The molecule has 190 valence electrons. The molecule has 0 bridgehead atoms. The third kappa shape index (κ3) is 5.55. The molecule has 35 heavy (non-hydrogen) atoms. The summed E-state index contributed by atoms with van der Waals surface area (Å²) in [6.07, 6.45) is 2.39.